The van der Waals surface area contributed by atoms with Gasteiger partial charge >= 0.3 is 5.63 Å². The summed E-state index contributed by atoms with van der Waals surface area (Å²) in [6.45, 7) is 3.93. The van der Waals surface area contributed by atoms with E-state index < -0.39 is 0 Å². The number of aromatic nitrogens is 2. The van der Waals surface area contributed by atoms with Crippen LogP contribution in [0.5, 0.6) is 0 Å². The van der Waals surface area contributed by atoms with E-state index in [0.29, 0.717) is 10.9 Å². The predicted octanol–water partition coefficient (Wildman–Crippen LogP) is 0.832. The molecule has 0 radical (unpaired) electrons. The Labute approximate surface area is 114 Å². The van der Waals surface area contributed by atoms with E-state index in [9.17, 15) is 4.79 Å². The van der Waals surface area contributed by atoms with Crippen LogP contribution >= 0.6 is 0 Å². The molecule has 4 nitrogen and oxygen atoms in total. The topological polar surface area (TPSA) is 50.9 Å². The largest absolute Gasteiger partial charge is 0.404 e. The smallest absolute Gasteiger partial charge is 0.361 e. The third kappa shape index (κ3) is 2.12. The summed E-state index contributed by atoms with van der Waals surface area (Å²) in [6, 6.07) is 11.4. The third-order valence-electron chi connectivity index (χ3n) is 3.20. The Morgan fingerprint density at radius 1 is 1.25 bits per heavy atom. The van der Waals surface area contributed by atoms with Gasteiger partial charge in [0, 0.05) is 24.2 Å². The maximum absolute atomic E-state index is 11.9. The van der Waals surface area contributed by atoms with E-state index in [1.807, 2.05) is 54.2 Å². The average Bonchev–Trinajstić information content (AvgIpc) is 2.98. The first-order chi connectivity index (χ1) is 9.65. The summed E-state index contributed by atoms with van der Waals surface area (Å²) in [7, 11) is 1.92. The molecule has 0 aliphatic carbocycles. The molecule has 0 fully saturated rings. The first-order valence-electron chi connectivity index (χ1n) is 6.25. The minimum atomic E-state index is -0.385. The molecule has 0 unspecified atom stereocenters. The Kier molecular flexibility index (Phi) is 2.91. The van der Waals surface area contributed by atoms with Gasteiger partial charge in [0.15, 0.2) is 0 Å². The van der Waals surface area contributed by atoms with E-state index in [1.165, 1.54) is 0 Å². The summed E-state index contributed by atoms with van der Waals surface area (Å²) >= 11 is 0. The molecule has 4 heteroatoms. The Morgan fingerprint density at radius 3 is 2.75 bits per heavy atom. The van der Waals surface area contributed by atoms with E-state index in [-0.39, 0.29) is 5.63 Å². The monoisotopic (exact) mass is 266 g/mol. The van der Waals surface area contributed by atoms with Crippen LogP contribution in [-0.2, 0) is 7.05 Å². The van der Waals surface area contributed by atoms with Gasteiger partial charge in [-0.05, 0) is 29.5 Å². The lowest BCUT2D eigenvalue weighted by atomic mass is 10.2. The number of hydrogen-bond acceptors (Lipinski definition) is 2. The fourth-order valence-corrected chi connectivity index (χ4v) is 2.08. The second-order valence-electron chi connectivity index (χ2n) is 4.60. The fraction of sp³-hybridized carbons (Fsp3) is 0.0625. The molecular weight excluding hydrogens is 252 g/mol. The maximum Gasteiger partial charge on any atom is 0.361 e. The lowest BCUT2D eigenvalue weighted by molar-refractivity contribution is 0.489. The highest BCUT2D eigenvalue weighted by Gasteiger charge is 1.99. The highest BCUT2D eigenvalue weighted by atomic mass is 16.4. The summed E-state index contributed by atoms with van der Waals surface area (Å²) < 4.78 is 7.20. The number of hydrogen-bond donors (Lipinski definition) is 1. The van der Waals surface area contributed by atoms with Crippen molar-refractivity contribution in [2.45, 2.75) is 0 Å². The van der Waals surface area contributed by atoms with E-state index in [4.69, 9.17) is 4.42 Å². The summed E-state index contributed by atoms with van der Waals surface area (Å²) in [5.41, 5.74) is 0.971. The van der Waals surface area contributed by atoms with Crippen molar-refractivity contribution >= 4 is 12.7 Å². The summed E-state index contributed by atoms with van der Waals surface area (Å²) in [5.74, 6) is 0. The van der Waals surface area contributed by atoms with Crippen LogP contribution in [-0.4, -0.2) is 9.55 Å². The SMILES string of the molecule is C=c1ccccc1=c1[nH]/c(=C\c2cccn2C)c(=O)o1. The zero-order chi connectivity index (χ0) is 14.1. The van der Waals surface area contributed by atoms with Crippen molar-refractivity contribution in [3.8, 4) is 0 Å². The standard InChI is InChI=1S/C16H14N2O2/c1-11-6-3-4-8-13(11)15-17-14(16(19)20-15)10-12-7-5-9-18(12)2/h3-10,17H,1H2,2H3/b14-10-,15-13?. The molecule has 0 aliphatic heterocycles. The third-order valence-corrected chi connectivity index (χ3v) is 3.20. The molecule has 0 saturated heterocycles. The molecule has 0 saturated carbocycles. The normalized spacial score (nSPS) is 13.8. The summed E-state index contributed by atoms with van der Waals surface area (Å²) in [5, 5.41) is 2.02. The van der Waals surface area contributed by atoms with Crippen molar-refractivity contribution in [2.24, 2.45) is 7.05 Å². The molecule has 0 spiro atoms. The molecule has 3 aromatic rings. The highest BCUT2D eigenvalue weighted by Crippen LogP contribution is 1.98. The van der Waals surface area contributed by atoms with Gasteiger partial charge in [-0.1, -0.05) is 24.8 Å². The molecule has 2 heterocycles. The number of benzene rings is 1. The number of rotatable bonds is 1. The molecule has 1 aromatic carbocycles. The molecule has 100 valence electrons. The maximum atomic E-state index is 11.9. The van der Waals surface area contributed by atoms with Crippen LogP contribution < -0.4 is 16.2 Å². The van der Waals surface area contributed by atoms with Crippen molar-refractivity contribution in [2.75, 3.05) is 0 Å². The van der Waals surface area contributed by atoms with Crippen LogP contribution in [0, 0.1) is 10.8 Å². The van der Waals surface area contributed by atoms with Crippen LogP contribution in [0.3, 0.4) is 0 Å². The minimum absolute atomic E-state index is 0.385. The lowest BCUT2D eigenvalue weighted by Gasteiger charge is -1.92. The Balaban J connectivity index is 2.35. The van der Waals surface area contributed by atoms with Crippen LogP contribution in [0.1, 0.15) is 5.69 Å². The molecule has 0 aliphatic rings. The molecule has 0 bridgehead atoms. The Bertz CT molecular complexity index is 1010. The van der Waals surface area contributed by atoms with Crippen LogP contribution in [0.2, 0.25) is 0 Å². The second kappa shape index (κ2) is 4.74. The van der Waals surface area contributed by atoms with Gasteiger partial charge in [-0.2, -0.15) is 0 Å². The van der Waals surface area contributed by atoms with Crippen molar-refractivity contribution in [3.05, 3.63) is 80.0 Å². The number of oxazole rings is 1. The number of nitrogens with zero attached hydrogens (tertiary/aromatic N) is 1. The van der Waals surface area contributed by atoms with Gasteiger partial charge < -0.3 is 14.0 Å². The van der Waals surface area contributed by atoms with Crippen LogP contribution in [0.15, 0.2) is 51.8 Å². The molecule has 2 aromatic heterocycles. The first-order valence-corrected chi connectivity index (χ1v) is 6.25. The Morgan fingerprint density at radius 2 is 2.05 bits per heavy atom. The lowest BCUT2D eigenvalue weighted by Crippen LogP contribution is -2.20. The van der Waals surface area contributed by atoms with Gasteiger partial charge in [0.25, 0.3) is 0 Å². The molecule has 3 rings (SSSR count). The number of aryl methyl sites for hydroxylation is 1. The average molecular weight is 266 g/mol. The van der Waals surface area contributed by atoms with Crippen molar-refractivity contribution in [1.29, 1.82) is 0 Å². The molecule has 20 heavy (non-hydrogen) atoms. The second-order valence-corrected chi connectivity index (χ2v) is 4.60. The van der Waals surface area contributed by atoms with Gasteiger partial charge in [0.1, 0.15) is 5.35 Å². The van der Waals surface area contributed by atoms with E-state index in [2.05, 4.69) is 11.6 Å². The molecule has 0 atom stereocenters. The van der Waals surface area contributed by atoms with Crippen LogP contribution in [0.25, 0.3) is 12.7 Å². The zero-order valence-corrected chi connectivity index (χ0v) is 11.1. The molecule has 0 amide bonds. The van der Waals surface area contributed by atoms with Gasteiger partial charge in [0.2, 0.25) is 5.55 Å². The quantitative estimate of drug-likeness (QED) is 0.709. The first kappa shape index (κ1) is 12.3. The highest BCUT2D eigenvalue weighted by molar-refractivity contribution is 5.43. The number of aromatic amines is 1. The fourth-order valence-electron chi connectivity index (χ4n) is 2.08. The number of nitrogens with one attached hydrogen (secondary N) is 1. The van der Waals surface area contributed by atoms with Crippen molar-refractivity contribution < 1.29 is 4.42 Å². The number of H-pyrrole nitrogens is 1. The summed E-state index contributed by atoms with van der Waals surface area (Å²) in [4.78, 5) is 14.9. The van der Waals surface area contributed by atoms with Crippen molar-refractivity contribution in [1.82, 2.24) is 9.55 Å². The van der Waals surface area contributed by atoms with Gasteiger partial charge in [-0.3, -0.25) is 0 Å². The van der Waals surface area contributed by atoms with E-state index in [0.717, 1.165) is 16.1 Å². The van der Waals surface area contributed by atoms with Gasteiger partial charge in [-0.15, -0.1) is 0 Å². The predicted molar refractivity (Wildman–Crippen MR) is 77.2 cm³/mol. The van der Waals surface area contributed by atoms with E-state index in [1.54, 1.807) is 6.08 Å². The van der Waals surface area contributed by atoms with Gasteiger partial charge in [-0.25, -0.2) is 4.79 Å². The van der Waals surface area contributed by atoms with Gasteiger partial charge in [0.05, 0.1) is 0 Å². The Hall–Kier alpha value is -2.75. The van der Waals surface area contributed by atoms with Crippen molar-refractivity contribution in [3.63, 3.8) is 0 Å². The molecule has 1 N–H and O–H groups in total. The molecular formula is C16H14N2O2. The van der Waals surface area contributed by atoms with Crippen LogP contribution in [0.4, 0.5) is 0 Å². The minimum Gasteiger partial charge on any atom is -0.404 e. The van der Waals surface area contributed by atoms with E-state index >= 15 is 0 Å². The summed E-state index contributed by atoms with van der Waals surface area (Å²) in [6.07, 6.45) is 3.68. The zero-order valence-electron chi connectivity index (χ0n) is 11.1.